The molecule has 0 amide bonds. The van der Waals surface area contributed by atoms with Gasteiger partial charge < -0.3 is 19.8 Å². The van der Waals surface area contributed by atoms with Gasteiger partial charge in [0.2, 0.25) is 6.17 Å². The smallest absolute Gasteiger partial charge is 0.343 e. The molecular formula is C11H15N3O4. The van der Waals surface area contributed by atoms with E-state index in [0.29, 0.717) is 5.70 Å². The first kappa shape index (κ1) is 13.8. The van der Waals surface area contributed by atoms with Crippen molar-refractivity contribution in [3.05, 3.63) is 21.6 Å². The molecule has 0 saturated carbocycles. The summed E-state index contributed by atoms with van der Waals surface area (Å²) in [4.78, 5) is 24.4. The van der Waals surface area contributed by atoms with Crippen molar-refractivity contribution in [2.75, 3.05) is 20.7 Å². The molecule has 98 valence electrons. The Morgan fingerprint density at radius 2 is 2.11 bits per heavy atom. The Morgan fingerprint density at radius 1 is 1.50 bits per heavy atom. The standard InChI is InChI=1S/C11H15N3O4/c1-5-6-10-12(3)9(7-18-8(2)15)11(13(10)4)14(16)17/h10H,7H2,1-4H3. The number of carbonyl (C=O) groups is 1. The van der Waals surface area contributed by atoms with Crippen LogP contribution in [-0.2, 0) is 9.53 Å². The highest BCUT2D eigenvalue weighted by molar-refractivity contribution is 5.66. The average molecular weight is 253 g/mol. The van der Waals surface area contributed by atoms with Crippen LogP contribution in [0.1, 0.15) is 13.8 Å². The number of carbonyl (C=O) groups excluding carboxylic acids is 1. The van der Waals surface area contributed by atoms with E-state index in [2.05, 4.69) is 11.8 Å². The number of hydrogen-bond acceptors (Lipinski definition) is 6. The number of likely N-dealkylation sites (N-methyl/N-ethyl adjacent to an activating group) is 1. The molecular weight excluding hydrogens is 238 g/mol. The second-order valence-electron chi connectivity index (χ2n) is 3.80. The molecule has 0 bridgehead atoms. The number of nitro groups is 1. The topological polar surface area (TPSA) is 75.9 Å². The van der Waals surface area contributed by atoms with Crippen molar-refractivity contribution in [3.63, 3.8) is 0 Å². The minimum atomic E-state index is -0.493. The molecule has 0 saturated heterocycles. The van der Waals surface area contributed by atoms with Crippen molar-refractivity contribution in [2.45, 2.75) is 20.0 Å². The van der Waals surface area contributed by atoms with Gasteiger partial charge in [-0.25, -0.2) is 4.90 Å². The predicted molar refractivity (Wildman–Crippen MR) is 63.4 cm³/mol. The van der Waals surface area contributed by atoms with Gasteiger partial charge in [0.25, 0.3) is 0 Å². The van der Waals surface area contributed by atoms with Crippen LogP contribution in [0, 0.1) is 22.0 Å². The van der Waals surface area contributed by atoms with Crippen molar-refractivity contribution >= 4 is 5.97 Å². The lowest BCUT2D eigenvalue weighted by Gasteiger charge is -2.19. The van der Waals surface area contributed by atoms with Gasteiger partial charge in [-0.05, 0) is 17.8 Å². The number of ether oxygens (including phenoxy) is 1. The molecule has 1 aliphatic heterocycles. The number of esters is 1. The minimum absolute atomic E-state index is 0.0912. The van der Waals surface area contributed by atoms with Gasteiger partial charge in [-0.1, -0.05) is 0 Å². The van der Waals surface area contributed by atoms with E-state index in [4.69, 9.17) is 4.74 Å². The molecule has 1 heterocycles. The molecule has 7 heteroatoms. The van der Waals surface area contributed by atoms with E-state index in [0.717, 1.165) is 0 Å². The highest BCUT2D eigenvalue weighted by Crippen LogP contribution is 2.26. The van der Waals surface area contributed by atoms with Gasteiger partial charge in [0.15, 0.2) is 0 Å². The SMILES string of the molecule is CC#CC1N(C)C(COC(C)=O)=C([N+](=O)[O-])N1C. The van der Waals surface area contributed by atoms with E-state index in [9.17, 15) is 14.9 Å². The van der Waals surface area contributed by atoms with E-state index in [1.165, 1.54) is 11.8 Å². The molecule has 1 unspecified atom stereocenters. The first-order chi connectivity index (χ1) is 8.40. The van der Waals surface area contributed by atoms with Crippen molar-refractivity contribution in [2.24, 2.45) is 0 Å². The van der Waals surface area contributed by atoms with Crippen LogP contribution in [0.4, 0.5) is 0 Å². The summed E-state index contributed by atoms with van der Waals surface area (Å²) in [6, 6.07) is 0. The molecule has 1 rings (SSSR count). The zero-order chi connectivity index (χ0) is 13.9. The minimum Gasteiger partial charge on any atom is -0.459 e. The van der Waals surface area contributed by atoms with E-state index < -0.39 is 17.1 Å². The van der Waals surface area contributed by atoms with Gasteiger partial charge in [0.1, 0.15) is 12.3 Å². The third-order valence-corrected chi connectivity index (χ3v) is 2.61. The van der Waals surface area contributed by atoms with Crippen LogP contribution in [-0.4, -0.2) is 47.6 Å². The molecule has 0 radical (unpaired) electrons. The fourth-order valence-electron chi connectivity index (χ4n) is 1.78. The molecule has 0 aliphatic carbocycles. The van der Waals surface area contributed by atoms with Crippen LogP contribution in [0.2, 0.25) is 0 Å². The first-order valence-corrected chi connectivity index (χ1v) is 5.29. The highest BCUT2D eigenvalue weighted by Gasteiger charge is 2.41. The van der Waals surface area contributed by atoms with Gasteiger partial charge in [-0.15, -0.1) is 5.92 Å². The summed E-state index contributed by atoms with van der Waals surface area (Å²) >= 11 is 0. The summed E-state index contributed by atoms with van der Waals surface area (Å²) in [5.74, 6) is 5.02. The molecule has 0 aromatic rings. The second-order valence-corrected chi connectivity index (χ2v) is 3.80. The lowest BCUT2D eigenvalue weighted by molar-refractivity contribution is -0.445. The largest absolute Gasteiger partial charge is 0.459 e. The Balaban J connectivity index is 3.07. The van der Waals surface area contributed by atoms with Crippen LogP contribution >= 0.6 is 0 Å². The summed E-state index contributed by atoms with van der Waals surface area (Å²) < 4.78 is 4.83. The van der Waals surface area contributed by atoms with Crippen LogP contribution in [0.25, 0.3) is 0 Å². The van der Waals surface area contributed by atoms with Gasteiger partial charge in [0, 0.05) is 14.0 Å². The molecule has 0 aromatic carbocycles. The molecule has 1 atom stereocenters. The zero-order valence-corrected chi connectivity index (χ0v) is 10.8. The van der Waals surface area contributed by atoms with Crippen LogP contribution in [0.5, 0.6) is 0 Å². The van der Waals surface area contributed by atoms with Gasteiger partial charge in [-0.3, -0.25) is 4.79 Å². The van der Waals surface area contributed by atoms with Crippen molar-refractivity contribution in [1.29, 1.82) is 0 Å². The molecule has 0 N–H and O–H groups in total. The normalized spacial score (nSPS) is 18.6. The molecule has 1 aliphatic rings. The number of hydrogen-bond donors (Lipinski definition) is 0. The lowest BCUT2D eigenvalue weighted by Crippen LogP contribution is -2.36. The number of rotatable bonds is 3. The Morgan fingerprint density at radius 3 is 2.56 bits per heavy atom. The third-order valence-electron chi connectivity index (χ3n) is 2.61. The van der Waals surface area contributed by atoms with Crippen LogP contribution in [0.3, 0.4) is 0 Å². The maximum atomic E-state index is 11.1. The third kappa shape index (κ3) is 2.53. The molecule has 7 nitrogen and oxygen atoms in total. The average Bonchev–Trinajstić information content (AvgIpc) is 2.50. The van der Waals surface area contributed by atoms with Gasteiger partial charge >= 0.3 is 11.8 Å². The molecule has 0 aromatic heterocycles. The summed E-state index contributed by atoms with van der Waals surface area (Å²) in [6.07, 6.45) is -0.416. The van der Waals surface area contributed by atoms with Crippen molar-refractivity contribution < 1.29 is 14.5 Å². The van der Waals surface area contributed by atoms with E-state index >= 15 is 0 Å². The van der Waals surface area contributed by atoms with Gasteiger partial charge in [-0.2, -0.15) is 0 Å². The summed E-state index contributed by atoms with van der Waals surface area (Å²) in [7, 11) is 3.27. The van der Waals surface area contributed by atoms with Crippen LogP contribution < -0.4 is 0 Å². The Hall–Kier alpha value is -2.23. The van der Waals surface area contributed by atoms with E-state index in [1.54, 1.807) is 25.9 Å². The van der Waals surface area contributed by atoms with Gasteiger partial charge in [0.05, 0.1) is 7.05 Å². The first-order valence-electron chi connectivity index (χ1n) is 5.29. The second kappa shape index (κ2) is 5.40. The predicted octanol–water partition coefficient (Wildman–Crippen LogP) is 0.222. The summed E-state index contributed by atoms with van der Waals surface area (Å²) in [5, 5.41) is 11.1. The Bertz CT molecular complexity index is 461. The highest BCUT2D eigenvalue weighted by atomic mass is 16.6. The van der Waals surface area contributed by atoms with Crippen molar-refractivity contribution in [1.82, 2.24) is 9.80 Å². The van der Waals surface area contributed by atoms with E-state index in [-0.39, 0.29) is 12.4 Å². The summed E-state index contributed by atoms with van der Waals surface area (Å²) in [6.45, 7) is 2.79. The Labute approximate surface area is 105 Å². The monoisotopic (exact) mass is 253 g/mol. The maximum Gasteiger partial charge on any atom is 0.343 e. The number of nitrogens with zero attached hydrogens (tertiary/aromatic N) is 3. The fraction of sp³-hybridized carbons (Fsp3) is 0.545. The quantitative estimate of drug-likeness (QED) is 0.310. The van der Waals surface area contributed by atoms with Crippen molar-refractivity contribution in [3.8, 4) is 11.8 Å². The zero-order valence-electron chi connectivity index (χ0n) is 10.8. The molecule has 0 spiro atoms. The molecule has 0 fully saturated rings. The maximum absolute atomic E-state index is 11.1. The van der Waals surface area contributed by atoms with E-state index in [1.807, 2.05) is 0 Å². The lowest BCUT2D eigenvalue weighted by atomic mass is 10.4. The summed E-state index contributed by atoms with van der Waals surface area (Å²) in [5.41, 5.74) is 0.338. The Kier molecular flexibility index (Phi) is 4.15. The molecule has 18 heavy (non-hydrogen) atoms. The fourth-order valence-corrected chi connectivity index (χ4v) is 1.78. The van der Waals surface area contributed by atoms with Crippen LogP contribution in [0.15, 0.2) is 11.5 Å².